The third-order valence-corrected chi connectivity index (χ3v) is 3.45. The number of carbonyl (C=O) groups excluding carboxylic acids is 1. The van der Waals surface area contributed by atoms with Gasteiger partial charge in [0.25, 0.3) is 0 Å². The number of rotatable bonds is 4. The molecular weight excluding hydrogens is 188 g/mol. The highest BCUT2D eigenvalue weighted by atomic mass is 16.1. The first-order valence-corrected chi connectivity index (χ1v) is 6.13. The van der Waals surface area contributed by atoms with Crippen LogP contribution in [-0.4, -0.2) is 18.5 Å². The Balaban J connectivity index is 2.22. The second-order valence-electron chi connectivity index (χ2n) is 4.96. The predicted octanol–water partition coefficient (Wildman–Crippen LogP) is 1.67. The molecule has 0 unspecified atom stereocenters. The first-order chi connectivity index (χ1) is 7.13. The Morgan fingerprint density at radius 3 is 2.40 bits per heavy atom. The van der Waals surface area contributed by atoms with Crippen LogP contribution in [0, 0.1) is 11.8 Å². The van der Waals surface area contributed by atoms with Crippen molar-refractivity contribution in [3.63, 3.8) is 0 Å². The van der Waals surface area contributed by atoms with E-state index >= 15 is 0 Å². The summed E-state index contributed by atoms with van der Waals surface area (Å²) in [7, 11) is 0. The largest absolute Gasteiger partial charge is 0.353 e. The van der Waals surface area contributed by atoms with Crippen molar-refractivity contribution >= 4 is 5.91 Å². The molecule has 0 aromatic carbocycles. The molecule has 0 aromatic rings. The van der Waals surface area contributed by atoms with Crippen molar-refractivity contribution in [2.24, 2.45) is 17.6 Å². The molecule has 0 spiro atoms. The monoisotopic (exact) mass is 212 g/mol. The highest BCUT2D eigenvalue weighted by Crippen LogP contribution is 2.29. The van der Waals surface area contributed by atoms with Crippen molar-refractivity contribution in [3.05, 3.63) is 0 Å². The van der Waals surface area contributed by atoms with Gasteiger partial charge in [0.05, 0.1) is 0 Å². The lowest BCUT2D eigenvalue weighted by atomic mass is 9.80. The van der Waals surface area contributed by atoms with Crippen LogP contribution in [0.2, 0.25) is 0 Å². The molecule has 15 heavy (non-hydrogen) atoms. The van der Waals surface area contributed by atoms with Gasteiger partial charge >= 0.3 is 0 Å². The van der Waals surface area contributed by atoms with Crippen LogP contribution in [0.25, 0.3) is 0 Å². The summed E-state index contributed by atoms with van der Waals surface area (Å²) in [4.78, 5) is 11.3. The van der Waals surface area contributed by atoms with Gasteiger partial charge in [0, 0.05) is 19.0 Å². The van der Waals surface area contributed by atoms with E-state index in [0.29, 0.717) is 19.0 Å². The van der Waals surface area contributed by atoms with Gasteiger partial charge in [-0.25, -0.2) is 0 Å². The molecule has 0 atom stereocenters. The van der Waals surface area contributed by atoms with Crippen molar-refractivity contribution in [1.82, 2.24) is 5.32 Å². The van der Waals surface area contributed by atoms with Gasteiger partial charge in [0.1, 0.15) is 0 Å². The average Bonchev–Trinajstić information content (AvgIpc) is 2.18. The van der Waals surface area contributed by atoms with Crippen LogP contribution in [0.5, 0.6) is 0 Å². The van der Waals surface area contributed by atoms with Crippen molar-refractivity contribution in [3.8, 4) is 0 Å². The molecule has 0 heterocycles. The molecule has 1 fully saturated rings. The number of carbonyl (C=O) groups is 1. The number of hydrogen-bond acceptors (Lipinski definition) is 2. The van der Waals surface area contributed by atoms with Crippen LogP contribution in [0.3, 0.4) is 0 Å². The van der Waals surface area contributed by atoms with Crippen molar-refractivity contribution in [2.45, 2.75) is 52.0 Å². The SMILES string of the molecule is CC(C)C1CCC(NC(=O)CCN)CC1. The van der Waals surface area contributed by atoms with Gasteiger partial charge in [-0.05, 0) is 37.5 Å². The maximum Gasteiger partial charge on any atom is 0.221 e. The van der Waals surface area contributed by atoms with Crippen molar-refractivity contribution in [1.29, 1.82) is 0 Å². The van der Waals surface area contributed by atoms with Crippen LogP contribution >= 0.6 is 0 Å². The Morgan fingerprint density at radius 1 is 1.33 bits per heavy atom. The molecule has 88 valence electrons. The lowest BCUT2D eigenvalue weighted by molar-refractivity contribution is -0.121. The van der Waals surface area contributed by atoms with Gasteiger partial charge in [0.15, 0.2) is 0 Å². The number of hydrogen-bond donors (Lipinski definition) is 2. The minimum atomic E-state index is 0.116. The summed E-state index contributed by atoms with van der Waals surface area (Å²) < 4.78 is 0. The highest BCUT2D eigenvalue weighted by Gasteiger charge is 2.23. The minimum absolute atomic E-state index is 0.116. The van der Waals surface area contributed by atoms with Crippen molar-refractivity contribution in [2.75, 3.05) is 6.54 Å². The molecule has 1 aliphatic rings. The Bertz CT molecular complexity index is 196. The molecule has 0 bridgehead atoms. The second kappa shape index (κ2) is 6.11. The molecule has 1 amide bonds. The Kier molecular flexibility index (Phi) is 5.09. The van der Waals surface area contributed by atoms with E-state index in [1.54, 1.807) is 0 Å². The van der Waals surface area contributed by atoms with E-state index in [9.17, 15) is 4.79 Å². The molecule has 3 nitrogen and oxygen atoms in total. The Hall–Kier alpha value is -0.570. The van der Waals surface area contributed by atoms with Gasteiger partial charge in [-0.15, -0.1) is 0 Å². The van der Waals surface area contributed by atoms with Gasteiger partial charge in [-0.3, -0.25) is 4.79 Å². The molecule has 1 aliphatic carbocycles. The lowest BCUT2D eigenvalue weighted by Crippen LogP contribution is -2.38. The van der Waals surface area contributed by atoms with E-state index in [4.69, 9.17) is 5.73 Å². The Labute approximate surface area is 92.8 Å². The molecule has 3 N–H and O–H groups in total. The van der Waals surface area contributed by atoms with Gasteiger partial charge in [0.2, 0.25) is 5.91 Å². The third kappa shape index (κ3) is 4.20. The van der Waals surface area contributed by atoms with Gasteiger partial charge in [-0.2, -0.15) is 0 Å². The zero-order chi connectivity index (χ0) is 11.3. The molecule has 0 aromatic heterocycles. The summed E-state index contributed by atoms with van der Waals surface area (Å²) in [5.41, 5.74) is 5.34. The number of amides is 1. The van der Waals surface area contributed by atoms with E-state index in [1.807, 2.05) is 0 Å². The molecule has 3 heteroatoms. The van der Waals surface area contributed by atoms with Crippen LogP contribution in [-0.2, 0) is 4.79 Å². The fraction of sp³-hybridized carbons (Fsp3) is 0.917. The fourth-order valence-corrected chi connectivity index (χ4v) is 2.36. The highest BCUT2D eigenvalue weighted by molar-refractivity contribution is 5.76. The molecule has 1 saturated carbocycles. The van der Waals surface area contributed by atoms with E-state index in [2.05, 4.69) is 19.2 Å². The standard InChI is InChI=1S/C12H24N2O/c1-9(2)10-3-5-11(6-4-10)14-12(15)7-8-13/h9-11H,3-8,13H2,1-2H3,(H,14,15). The fourth-order valence-electron chi connectivity index (χ4n) is 2.36. The quantitative estimate of drug-likeness (QED) is 0.744. The van der Waals surface area contributed by atoms with Crippen molar-refractivity contribution < 1.29 is 4.79 Å². The van der Waals surface area contributed by atoms with E-state index in [0.717, 1.165) is 24.7 Å². The minimum Gasteiger partial charge on any atom is -0.353 e. The van der Waals surface area contributed by atoms with Gasteiger partial charge in [-0.1, -0.05) is 13.8 Å². The van der Waals surface area contributed by atoms with Crippen LogP contribution < -0.4 is 11.1 Å². The maximum absolute atomic E-state index is 11.3. The summed E-state index contributed by atoms with van der Waals surface area (Å²) in [6, 6.07) is 0.402. The molecule has 1 rings (SSSR count). The zero-order valence-corrected chi connectivity index (χ0v) is 9.96. The summed E-state index contributed by atoms with van der Waals surface area (Å²) in [6.07, 6.45) is 5.25. The summed E-state index contributed by atoms with van der Waals surface area (Å²) >= 11 is 0. The normalized spacial score (nSPS) is 26.7. The topological polar surface area (TPSA) is 55.1 Å². The first-order valence-electron chi connectivity index (χ1n) is 6.13. The third-order valence-electron chi connectivity index (χ3n) is 3.45. The van der Waals surface area contributed by atoms with Crippen LogP contribution in [0.4, 0.5) is 0 Å². The van der Waals surface area contributed by atoms with Crippen LogP contribution in [0.15, 0.2) is 0 Å². The summed E-state index contributed by atoms with van der Waals surface area (Å²) in [6.45, 7) is 5.03. The second-order valence-corrected chi connectivity index (χ2v) is 4.96. The molecule has 0 aliphatic heterocycles. The molecular formula is C12H24N2O. The zero-order valence-electron chi connectivity index (χ0n) is 9.96. The Morgan fingerprint density at radius 2 is 1.93 bits per heavy atom. The van der Waals surface area contributed by atoms with E-state index in [1.165, 1.54) is 12.8 Å². The lowest BCUT2D eigenvalue weighted by Gasteiger charge is -2.31. The molecule has 0 saturated heterocycles. The van der Waals surface area contributed by atoms with Gasteiger partial charge < -0.3 is 11.1 Å². The van der Waals surface area contributed by atoms with Crippen LogP contribution in [0.1, 0.15) is 46.0 Å². The summed E-state index contributed by atoms with van der Waals surface area (Å²) in [5, 5.41) is 3.06. The van der Waals surface area contributed by atoms with E-state index in [-0.39, 0.29) is 5.91 Å². The average molecular weight is 212 g/mol. The maximum atomic E-state index is 11.3. The van der Waals surface area contributed by atoms with E-state index < -0.39 is 0 Å². The smallest absolute Gasteiger partial charge is 0.221 e. The first kappa shape index (κ1) is 12.5. The number of nitrogens with one attached hydrogen (secondary N) is 1. The molecule has 0 radical (unpaired) electrons. The summed E-state index contributed by atoms with van der Waals surface area (Å²) in [5.74, 6) is 1.75. The number of nitrogens with two attached hydrogens (primary N) is 1. The predicted molar refractivity (Wildman–Crippen MR) is 62.4 cm³/mol.